The lowest BCUT2D eigenvalue weighted by atomic mass is 10.00. The predicted molar refractivity (Wildman–Crippen MR) is 73.1 cm³/mol. The Morgan fingerprint density at radius 3 is 3.11 bits per heavy atom. The van der Waals surface area contributed by atoms with Crippen LogP contribution < -0.4 is 10.1 Å². The molecule has 1 heterocycles. The lowest BCUT2D eigenvalue weighted by molar-refractivity contribution is -0.147. The summed E-state index contributed by atoms with van der Waals surface area (Å²) in [5, 5.41) is 3.44. The van der Waals surface area contributed by atoms with Gasteiger partial charge >= 0.3 is 5.97 Å². The van der Waals surface area contributed by atoms with E-state index in [1.165, 1.54) is 5.56 Å². The van der Waals surface area contributed by atoms with Crippen LogP contribution in [-0.2, 0) is 9.53 Å². The van der Waals surface area contributed by atoms with Gasteiger partial charge in [-0.1, -0.05) is 25.1 Å². The standard InChI is InChI=1S/C15H21NO3/c1-3-18-15(17)11(2)10-16-13-8-9-19-14-7-5-4-6-12(13)14/h4-7,11,13,16H,3,8-10H2,1-2H3. The lowest BCUT2D eigenvalue weighted by Crippen LogP contribution is -2.33. The smallest absolute Gasteiger partial charge is 0.309 e. The molecule has 1 aromatic rings. The van der Waals surface area contributed by atoms with E-state index in [1.54, 1.807) is 0 Å². The number of carbonyl (C=O) groups excluding carboxylic acids is 1. The van der Waals surface area contributed by atoms with Crippen LogP contribution in [0.4, 0.5) is 0 Å². The molecule has 0 fully saturated rings. The van der Waals surface area contributed by atoms with Crippen LogP contribution in [0.15, 0.2) is 24.3 Å². The summed E-state index contributed by atoms with van der Waals surface area (Å²) in [5.41, 5.74) is 1.17. The van der Waals surface area contributed by atoms with Gasteiger partial charge in [0.15, 0.2) is 0 Å². The van der Waals surface area contributed by atoms with Crippen molar-refractivity contribution in [3.63, 3.8) is 0 Å². The van der Waals surface area contributed by atoms with Crippen molar-refractivity contribution in [1.29, 1.82) is 0 Å². The Morgan fingerprint density at radius 2 is 2.32 bits per heavy atom. The van der Waals surface area contributed by atoms with Crippen LogP contribution in [0.5, 0.6) is 5.75 Å². The summed E-state index contributed by atoms with van der Waals surface area (Å²) in [5.74, 6) is 0.667. The number of rotatable bonds is 5. The van der Waals surface area contributed by atoms with Crippen LogP contribution in [0.1, 0.15) is 31.9 Å². The van der Waals surface area contributed by atoms with Crippen LogP contribution in [0.25, 0.3) is 0 Å². The molecule has 2 atom stereocenters. The molecule has 0 bridgehead atoms. The fraction of sp³-hybridized carbons (Fsp3) is 0.533. The first-order chi connectivity index (χ1) is 9.22. The van der Waals surface area contributed by atoms with Crippen LogP contribution in [-0.4, -0.2) is 25.7 Å². The van der Waals surface area contributed by atoms with Gasteiger partial charge in [0.25, 0.3) is 0 Å². The van der Waals surface area contributed by atoms with Gasteiger partial charge < -0.3 is 14.8 Å². The molecule has 0 spiro atoms. The van der Waals surface area contributed by atoms with Gasteiger partial charge in [-0.3, -0.25) is 4.79 Å². The van der Waals surface area contributed by atoms with E-state index >= 15 is 0 Å². The number of carbonyl (C=O) groups is 1. The SMILES string of the molecule is CCOC(=O)C(C)CNC1CCOc2ccccc21. The third-order valence-corrected chi connectivity index (χ3v) is 3.32. The van der Waals surface area contributed by atoms with E-state index in [0.29, 0.717) is 19.8 Å². The molecule has 1 N–H and O–H groups in total. The third-order valence-electron chi connectivity index (χ3n) is 3.32. The topological polar surface area (TPSA) is 47.6 Å². The fourth-order valence-electron chi connectivity index (χ4n) is 2.24. The van der Waals surface area contributed by atoms with Gasteiger partial charge in [0.2, 0.25) is 0 Å². The van der Waals surface area contributed by atoms with Gasteiger partial charge in [-0.05, 0) is 13.0 Å². The minimum absolute atomic E-state index is 0.130. The molecule has 19 heavy (non-hydrogen) atoms. The summed E-state index contributed by atoms with van der Waals surface area (Å²) in [7, 11) is 0. The maximum atomic E-state index is 11.6. The van der Waals surface area contributed by atoms with Gasteiger partial charge in [0.1, 0.15) is 5.75 Å². The molecule has 1 aromatic carbocycles. The largest absolute Gasteiger partial charge is 0.493 e. The molecule has 1 aliphatic rings. The second-order valence-electron chi connectivity index (χ2n) is 4.79. The second kappa shape index (κ2) is 6.57. The van der Waals surface area contributed by atoms with Crippen LogP contribution >= 0.6 is 0 Å². The summed E-state index contributed by atoms with van der Waals surface area (Å²) in [6.07, 6.45) is 0.923. The number of benzene rings is 1. The Bertz CT molecular complexity index is 433. The van der Waals surface area contributed by atoms with Crippen molar-refractivity contribution in [2.24, 2.45) is 5.92 Å². The van der Waals surface area contributed by atoms with Crippen molar-refractivity contribution < 1.29 is 14.3 Å². The van der Waals surface area contributed by atoms with Crippen molar-refractivity contribution in [2.75, 3.05) is 19.8 Å². The summed E-state index contributed by atoms with van der Waals surface area (Å²) >= 11 is 0. The first-order valence-electron chi connectivity index (χ1n) is 6.84. The Labute approximate surface area is 114 Å². The van der Waals surface area contributed by atoms with Gasteiger partial charge in [-0.15, -0.1) is 0 Å². The predicted octanol–water partition coefficient (Wildman–Crippen LogP) is 2.30. The highest BCUT2D eigenvalue weighted by molar-refractivity contribution is 5.72. The number of para-hydroxylation sites is 1. The lowest BCUT2D eigenvalue weighted by Gasteiger charge is -2.27. The molecule has 2 rings (SSSR count). The van der Waals surface area contributed by atoms with Gasteiger partial charge in [0.05, 0.1) is 19.1 Å². The van der Waals surface area contributed by atoms with Crippen LogP contribution in [0, 0.1) is 5.92 Å². The molecule has 0 saturated heterocycles. The molecule has 0 amide bonds. The molecule has 0 saturated carbocycles. The van der Waals surface area contributed by atoms with Crippen molar-refractivity contribution in [2.45, 2.75) is 26.3 Å². The average Bonchev–Trinajstić information content (AvgIpc) is 2.45. The van der Waals surface area contributed by atoms with E-state index in [9.17, 15) is 4.79 Å². The number of hydrogen-bond acceptors (Lipinski definition) is 4. The van der Waals surface area contributed by atoms with E-state index < -0.39 is 0 Å². The highest BCUT2D eigenvalue weighted by Gasteiger charge is 2.22. The Balaban J connectivity index is 1.92. The van der Waals surface area contributed by atoms with E-state index in [-0.39, 0.29) is 17.9 Å². The van der Waals surface area contributed by atoms with E-state index in [2.05, 4.69) is 11.4 Å². The molecule has 2 unspecified atom stereocenters. The second-order valence-corrected chi connectivity index (χ2v) is 4.79. The van der Waals surface area contributed by atoms with Crippen LogP contribution in [0.2, 0.25) is 0 Å². The summed E-state index contributed by atoms with van der Waals surface area (Å²) in [4.78, 5) is 11.6. The van der Waals surface area contributed by atoms with Crippen molar-refractivity contribution in [3.05, 3.63) is 29.8 Å². The zero-order valence-corrected chi connectivity index (χ0v) is 11.5. The zero-order chi connectivity index (χ0) is 13.7. The molecule has 0 aliphatic carbocycles. The molecular formula is C15H21NO3. The maximum absolute atomic E-state index is 11.6. The number of hydrogen-bond donors (Lipinski definition) is 1. The molecule has 0 radical (unpaired) electrons. The first kappa shape index (κ1) is 13.9. The van der Waals surface area contributed by atoms with E-state index in [0.717, 1.165) is 12.2 Å². The minimum atomic E-state index is -0.143. The number of esters is 1. The third kappa shape index (κ3) is 3.47. The van der Waals surface area contributed by atoms with Crippen molar-refractivity contribution in [3.8, 4) is 5.75 Å². The van der Waals surface area contributed by atoms with E-state index in [1.807, 2.05) is 32.0 Å². The fourth-order valence-corrected chi connectivity index (χ4v) is 2.24. The van der Waals surface area contributed by atoms with Gasteiger partial charge in [0, 0.05) is 24.6 Å². The molecular weight excluding hydrogens is 242 g/mol. The maximum Gasteiger partial charge on any atom is 0.309 e. The molecule has 0 aromatic heterocycles. The minimum Gasteiger partial charge on any atom is -0.493 e. The van der Waals surface area contributed by atoms with E-state index in [4.69, 9.17) is 9.47 Å². The summed E-state index contributed by atoms with van der Waals surface area (Å²) < 4.78 is 10.6. The number of nitrogens with one attached hydrogen (secondary N) is 1. The molecule has 4 heteroatoms. The number of ether oxygens (including phenoxy) is 2. The highest BCUT2D eigenvalue weighted by Crippen LogP contribution is 2.31. The average molecular weight is 263 g/mol. The Kier molecular flexibility index (Phi) is 4.80. The quantitative estimate of drug-likeness (QED) is 0.828. The Hall–Kier alpha value is -1.55. The van der Waals surface area contributed by atoms with Gasteiger partial charge in [-0.25, -0.2) is 0 Å². The first-order valence-corrected chi connectivity index (χ1v) is 6.84. The van der Waals surface area contributed by atoms with Crippen molar-refractivity contribution in [1.82, 2.24) is 5.32 Å². The molecule has 104 valence electrons. The monoisotopic (exact) mass is 263 g/mol. The Morgan fingerprint density at radius 1 is 1.53 bits per heavy atom. The normalized spacial score (nSPS) is 19.2. The molecule has 1 aliphatic heterocycles. The summed E-state index contributed by atoms with van der Waals surface area (Å²) in [6, 6.07) is 8.29. The molecule has 4 nitrogen and oxygen atoms in total. The highest BCUT2D eigenvalue weighted by atomic mass is 16.5. The van der Waals surface area contributed by atoms with Crippen molar-refractivity contribution >= 4 is 5.97 Å². The zero-order valence-electron chi connectivity index (χ0n) is 11.5. The summed E-state index contributed by atoms with van der Waals surface area (Å²) in [6.45, 7) is 5.48. The van der Waals surface area contributed by atoms with Crippen LogP contribution in [0.3, 0.4) is 0 Å². The number of fused-ring (bicyclic) bond motifs is 1. The van der Waals surface area contributed by atoms with Gasteiger partial charge in [-0.2, -0.15) is 0 Å².